The summed E-state index contributed by atoms with van der Waals surface area (Å²) in [4.78, 5) is 18.0. The molecular weight excluding hydrogens is 485 g/mol. The number of ketones is 1. The van der Waals surface area contributed by atoms with Gasteiger partial charge in [-0.2, -0.15) is 13.2 Å². The van der Waals surface area contributed by atoms with E-state index in [1.165, 1.54) is 28.3 Å². The highest BCUT2D eigenvalue weighted by Crippen LogP contribution is 2.29. The number of carbonyl (C=O) groups is 1. The molecule has 1 N–H and O–H groups in total. The van der Waals surface area contributed by atoms with Gasteiger partial charge in [0, 0.05) is 28.7 Å². The van der Waals surface area contributed by atoms with Crippen molar-refractivity contribution in [1.29, 1.82) is 0 Å². The number of unbranched alkanes of at least 4 members (excludes halogenated alkanes) is 2. The van der Waals surface area contributed by atoms with E-state index in [0.717, 1.165) is 38.0 Å². The molecule has 1 atom stereocenters. The molecule has 1 aromatic carbocycles. The number of aromatic nitrogens is 1. The van der Waals surface area contributed by atoms with Gasteiger partial charge in [-0.15, -0.1) is 0 Å². The lowest BCUT2D eigenvalue weighted by Gasteiger charge is -2.20. The molecule has 1 heterocycles. The standard InChI is InChI=1S/C32H43F3N2O/c1-7-11-13-16-25(9-3)27(31(38)32(33,34)35)17-14-12-15-20-37(10-4)22-30-24(6)28-21-26(23(5)8-2)18-19-29(28)36-30/h7,11,13,16-19,21,23,36H,1,8-10,12,14-15,20,22H2,2-6H3/b13-11-,25-16+,27-17+. The number of halogens is 3. The van der Waals surface area contributed by atoms with E-state index in [-0.39, 0.29) is 5.57 Å². The number of fused-ring (bicyclic) bond motifs is 1. The first-order valence-corrected chi connectivity index (χ1v) is 13.7. The molecule has 0 aliphatic heterocycles. The Morgan fingerprint density at radius 2 is 1.89 bits per heavy atom. The first-order chi connectivity index (χ1) is 18.1. The Kier molecular flexibility index (Phi) is 12.3. The molecule has 0 fully saturated rings. The van der Waals surface area contributed by atoms with E-state index in [1.807, 2.05) is 0 Å². The SMILES string of the molecule is C=C\C=C/C=C(CC)/C(=C\CCCCN(CC)Cc1[nH]c2ccc(C(C)CC)cc2c1C)C(=O)C(F)(F)F. The molecule has 208 valence electrons. The van der Waals surface area contributed by atoms with E-state index >= 15 is 0 Å². The Morgan fingerprint density at radius 1 is 1.16 bits per heavy atom. The molecule has 1 aromatic heterocycles. The maximum atomic E-state index is 13.2. The topological polar surface area (TPSA) is 36.1 Å². The minimum absolute atomic E-state index is 0.244. The molecule has 38 heavy (non-hydrogen) atoms. The summed E-state index contributed by atoms with van der Waals surface area (Å²) in [7, 11) is 0. The van der Waals surface area contributed by atoms with Gasteiger partial charge in [0.25, 0.3) is 5.78 Å². The molecule has 2 rings (SSSR count). The summed E-state index contributed by atoms with van der Waals surface area (Å²) < 4.78 is 39.7. The number of H-pyrrole nitrogens is 1. The Bertz CT molecular complexity index is 1170. The van der Waals surface area contributed by atoms with Crippen LogP contribution in [0.15, 0.2) is 66.3 Å². The lowest BCUT2D eigenvalue weighted by Crippen LogP contribution is -2.25. The predicted molar refractivity (Wildman–Crippen MR) is 153 cm³/mol. The van der Waals surface area contributed by atoms with Crippen molar-refractivity contribution < 1.29 is 18.0 Å². The lowest BCUT2D eigenvalue weighted by molar-refractivity contribution is -0.166. The van der Waals surface area contributed by atoms with Crippen LogP contribution in [0.3, 0.4) is 0 Å². The molecule has 2 aromatic rings. The molecule has 0 spiro atoms. The molecule has 1 unspecified atom stereocenters. The van der Waals surface area contributed by atoms with Crippen molar-refractivity contribution >= 4 is 16.7 Å². The third-order valence-corrected chi connectivity index (χ3v) is 7.25. The number of alkyl halides is 3. The molecular formula is C32H43F3N2O. The van der Waals surface area contributed by atoms with Crippen LogP contribution >= 0.6 is 0 Å². The number of Topliss-reactive ketones (excluding diaryl/α,β-unsaturated/α-hetero) is 1. The molecule has 0 aliphatic carbocycles. The maximum Gasteiger partial charge on any atom is 0.454 e. The van der Waals surface area contributed by atoms with E-state index in [4.69, 9.17) is 0 Å². The number of allylic oxidation sites excluding steroid dienone is 7. The Hall–Kier alpha value is -2.86. The number of hydrogen-bond donors (Lipinski definition) is 1. The largest absolute Gasteiger partial charge is 0.454 e. The third-order valence-electron chi connectivity index (χ3n) is 7.25. The minimum Gasteiger partial charge on any atom is -0.357 e. The van der Waals surface area contributed by atoms with Crippen LogP contribution in [-0.4, -0.2) is 34.9 Å². The highest BCUT2D eigenvalue weighted by atomic mass is 19.4. The smallest absolute Gasteiger partial charge is 0.357 e. The Balaban J connectivity index is 2.06. The van der Waals surface area contributed by atoms with Gasteiger partial charge in [-0.05, 0) is 86.9 Å². The molecule has 0 saturated carbocycles. The summed E-state index contributed by atoms with van der Waals surface area (Å²) in [5.41, 5.74) is 5.11. The predicted octanol–water partition coefficient (Wildman–Crippen LogP) is 9.12. The molecule has 0 aliphatic rings. The van der Waals surface area contributed by atoms with Crippen LogP contribution in [0.4, 0.5) is 13.2 Å². The second kappa shape index (κ2) is 14.9. The number of nitrogens with zero attached hydrogens (tertiary/aromatic N) is 1. The fraction of sp³-hybridized carbons (Fsp3) is 0.469. The van der Waals surface area contributed by atoms with Crippen molar-refractivity contribution in [3.05, 3.63) is 83.1 Å². The average Bonchev–Trinajstić information content (AvgIpc) is 3.21. The van der Waals surface area contributed by atoms with Gasteiger partial charge in [-0.1, -0.05) is 70.7 Å². The van der Waals surface area contributed by atoms with E-state index in [9.17, 15) is 18.0 Å². The second-order valence-electron chi connectivity index (χ2n) is 9.82. The Morgan fingerprint density at radius 3 is 2.50 bits per heavy atom. The third kappa shape index (κ3) is 8.59. The molecule has 0 bridgehead atoms. The maximum absolute atomic E-state index is 13.2. The van der Waals surface area contributed by atoms with Crippen LogP contribution in [-0.2, 0) is 11.3 Å². The summed E-state index contributed by atoms with van der Waals surface area (Å²) in [5.74, 6) is -1.25. The van der Waals surface area contributed by atoms with Gasteiger partial charge >= 0.3 is 6.18 Å². The van der Waals surface area contributed by atoms with E-state index in [1.54, 1.807) is 31.2 Å². The number of benzene rings is 1. The number of aromatic amines is 1. The van der Waals surface area contributed by atoms with Crippen LogP contribution in [0.5, 0.6) is 0 Å². The monoisotopic (exact) mass is 528 g/mol. The zero-order valence-corrected chi connectivity index (χ0v) is 23.5. The van der Waals surface area contributed by atoms with Crippen molar-refractivity contribution in [1.82, 2.24) is 9.88 Å². The zero-order valence-electron chi connectivity index (χ0n) is 23.5. The van der Waals surface area contributed by atoms with Gasteiger partial charge in [0.15, 0.2) is 0 Å². The number of hydrogen-bond acceptors (Lipinski definition) is 2. The first kappa shape index (κ1) is 31.4. The van der Waals surface area contributed by atoms with Crippen molar-refractivity contribution in [2.75, 3.05) is 13.1 Å². The summed E-state index contributed by atoms with van der Waals surface area (Å²) >= 11 is 0. The lowest BCUT2D eigenvalue weighted by atomic mass is 9.96. The highest BCUT2D eigenvalue weighted by molar-refractivity contribution is 6.03. The average molecular weight is 529 g/mol. The zero-order chi connectivity index (χ0) is 28.3. The van der Waals surface area contributed by atoms with Crippen LogP contribution in [0.2, 0.25) is 0 Å². The van der Waals surface area contributed by atoms with Crippen molar-refractivity contribution in [2.45, 2.75) is 85.4 Å². The molecule has 3 nitrogen and oxygen atoms in total. The number of aryl methyl sites for hydroxylation is 1. The highest BCUT2D eigenvalue weighted by Gasteiger charge is 2.41. The molecule has 6 heteroatoms. The normalized spacial score (nSPS) is 14.1. The number of nitrogens with one attached hydrogen (secondary N) is 1. The molecule has 0 saturated heterocycles. The summed E-state index contributed by atoms with van der Waals surface area (Å²) in [6, 6.07) is 6.67. The number of rotatable bonds is 15. The minimum atomic E-state index is -4.89. The molecule has 0 radical (unpaired) electrons. The summed E-state index contributed by atoms with van der Waals surface area (Å²) in [6.07, 6.45) is 6.30. The quantitative estimate of drug-likeness (QED) is 0.142. The van der Waals surface area contributed by atoms with E-state index in [0.29, 0.717) is 30.8 Å². The van der Waals surface area contributed by atoms with Gasteiger partial charge in [0.2, 0.25) is 0 Å². The van der Waals surface area contributed by atoms with Crippen LogP contribution in [0.25, 0.3) is 10.9 Å². The summed E-state index contributed by atoms with van der Waals surface area (Å²) in [5, 5.41) is 1.27. The van der Waals surface area contributed by atoms with E-state index < -0.39 is 12.0 Å². The second-order valence-corrected chi connectivity index (χ2v) is 9.82. The Labute approximate surface area is 226 Å². The van der Waals surface area contributed by atoms with Gasteiger partial charge in [0.1, 0.15) is 0 Å². The van der Waals surface area contributed by atoms with Crippen LogP contribution in [0.1, 0.15) is 82.5 Å². The fourth-order valence-electron chi connectivity index (χ4n) is 4.57. The molecule has 0 amide bonds. The summed E-state index contributed by atoms with van der Waals surface area (Å²) in [6.45, 7) is 16.5. The van der Waals surface area contributed by atoms with Crippen molar-refractivity contribution in [3.8, 4) is 0 Å². The fourth-order valence-corrected chi connectivity index (χ4v) is 4.57. The van der Waals surface area contributed by atoms with Crippen LogP contribution < -0.4 is 0 Å². The first-order valence-electron chi connectivity index (χ1n) is 13.7. The van der Waals surface area contributed by atoms with Crippen LogP contribution in [0, 0.1) is 6.92 Å². The van der Waals surface area contributed by atoms with E-state index in [2.05, 4.69) is 62.4 Å². The van der Waals surface area contributed by atoms with Gasteiger partial charge in [-0.25, -0.2) is 0 Å². The van der Waals surface area contributed by atoms with Gasteiger partial charge in [-0.3, -0.25) is 9.69 Å². The van der Waals surface area contributed by atoms with Gasteiger partial charge in [0.05, 0.1) is 0 Å². The van der Waals surface area contributed by atoms with Gasteiger partial charge < -0.3 is 4.98 Å². The van der Waals surface area contributed by atoms with Crippen molar-refractivity contribution in [3.63, 3.8) is 0 Å². The van der Waals surface area contributed by atoms with Crippen molar-refractivity contribution in [2.24, 2.45) is 0 Å². The number of carbonyl (C=O) groups excluding carboxylic acids is 1.